The van der Waals surface area contributed by atoms with Crippen molar-refractivity contribution in [3.63, 3.8) is 0 Å². The second-order valence-electron chi connectivity index (χ2n) is 6.33. The van der Waals surface area contributed by atoms with E-state index in [2.05, 4.69) is 10.1 Å². The average molecular weight is 385 g/mol. The van der Waals surface area contributed by atoms with E-state index in [-0.39, 0.29) is 4.90 Å². The van der Waals surface area contributed by atoms with Gasteiger partial charge >= 0.3 is 0 Å². The van der Waals surface area contributed by atoms with E-state index in [4.69, 9.17) is 9.26 Å². The van der Waals surface area contributed by atoms with Gasteiger partial charge < -0.3 is 9.26 Å². The van der Waals surface area contributed by atoms with Gasteiger partial charge in [-0.2, -0.15) is 9.29 Å². The molecule has 1 aliphatic heterocycles. The first kappa shape index (κ1) is 17.8. The summed E-state index contributed by atoms with van der Waals surface area (Å²) >= 11 is 0. The average Bonchev–Trinajstić information content (AvgIpc) is 3.19. The van der Waals surface area contributed by atoms with Crippen LogP contribution < -0.4 is 0 Å². The lowest BCUT2D eigenvalue weighted by Crippen LogP contribution is -2.40. The van der Waals surface area contributed by atoms with Crippen LogP contribution in [-0.2, 0) is 14.8 Å². The first-order valence-electron chi connectivity index (χ1n) is 8.63. The lowest BCUT2D eigenvalue weighted by molar-refractivity contribution is 0.0730. The molecule has 8 heteroatoms. The molecule has 2 heterocycles. The summed E-state index contributed by atoms with van der Waals surface area (Å²) in [4.78, 5) is 4.67. The molecule has 1 aromatic heterocycles. The van der Waals surface area contributed by atoms with E-state index in [1.54, 1.807) is 24.3 Å². The van der Waals surface area contributed by atoms with E-state index in [0.29, 0.717) is 43.6 Å². The van der Waals surface area contributed by atoms with Gasteiger partial charge in [-0.25, -0.2) is 8.42 Å². The highest BCUT2D eigenvalue weighted by atomic mass is 32.2. The fourth-order valence-electron chi connectivity index (χ4n) is 2.95. The molecule has 0 bridgehead atoms. The number of hydrogen-bond donors (Lipinski definition) is 0. The maximum atomic E-state index is 12.7. The summed E-state index contributed by atoms with van der Waals surface area (Å²) in [7, 11) is -3.51. The number of morpholine rings is 1. The van der Waals surface area contributed by atoms with Crippen LogP contribution >= 0.6 is 0 Å². The fourth-order valence-corrected chi connectivity index (χ4v) is 4.36. The van der Waals surface area contributed by atoms with Gasteiger partial charge in [0.2, 0.25) is 15.8 Å². The number of aromatic nitrogens is 2. The third-order valence-electron chi connectivity index (χ3n) is 4.41. The van der Waals surface area contributed by atoms with Gasteiger partial charge in [0, 0.05) is 24.2 Å². The number of rotatable bonds is 4. The highest BCUT2D eigenvalue weighted by Crippen LogP contribution is 2.25. The summed E-state index contributed by atoms with van der Waals surface area (Å²) in [6.07, 6.45) is 0. The van der Waals surface area contributed by atoms with E-state index in [0.717, 1.165) is 11.1 Å². The van der Waals surface area contributed by atoms with Crippen LogP contribution in [0.4, 0.5) is 0 Å². The van der Waals surface area contributed by atoms with E-state index in [1.165, 1.54) is 4.31 Å². The first-order chi connectivity index (χ1) is 13.0. The highest BCUT2D eigenvalue weighted by Gasteiger charge is 2.26. The third kappa shape index (κ3) is 3.64. The number of aryl methyl sites for hydroxylation is 1. The normalized spacial score (nSPS) is 15.7. The number of hydrogen-bond acceptors (Lipinski definition) is 6. The van der Waals surface area contributed by atoms with E-state index >= 15 is 0 Å². The Labute approximate surface area is 157 Å². The number of sulfonamides is 1. The van der Waals surface area contributed by atoms with Crippen molar-refractivity contribution in [1.82, 2.24) is 14.4 Å². The fraction of sp³-hybridized carbons (Fsp3) is 0.263. The van der Waals surface area contributed by atoms with Crippen LogP contribution in [0, 0.1) is 6.92 Å². The predicted molar refractivity (Wildman–Crippen MR) is 99.5 cm³/mol. The number of benzene rings is 2. The van der Waals surface area contributed by atoms with Gasteiger partial charge in [0.1, 0.15) is 0 Å². The van der Waals surface area contributed by atoms with E-state index in [1.807, 2.05) is 31.2 Å². The third-order valence-corrected chi connectivity index (χ3v) is 6.32. The van der Waals surface area contributed by atoms with E-state index in [9.17, 15) is 8.42 Å². The van der Waals surface area contributed by atoms with Gasteiger partial charge in [0.15, 0.2) is 0 Å². The Kier molecular flexibility index (Phi) is 4.77. The molecular weight excluding hydrogens is 366 g/mol. The second kappa shape index (κ2) is 7.22. The summed E-state index contributed by atoms with van der Waals surface area (Å²) in [5.74, 6) is 0.848. The molecule has 3 aromatic rings. The molecule has 0 amide bonds. The summed E-state index contributed by atoms with van der Waals surface area (Å²) in [5, 5.41) is 4.01. The van der Waals surface area contributed by atoms with Crippen LogP contribution in [0.1, 0.15) is 5.56 Å². The summed E-state index contributed by atoms with van der Waals surface area (Å²) in [6.45, 7) is 3.57. The SMILES string of the molecule is Cc1cccc(-c2nc(-c3ccc(S(=O)(=O)N4CCOCC4)cc3)no2)c1. The Balaban J connectivity index is 1.58. The lowest BCUT2D eigenvalue weighted by Gasteiger charge is -2.26. The van der Waals surface area contributed by atoms with Crippen LogP contribution in [-0.4, -0.2) is 49.2 Å². The number of ether oxygens (including phenoxy) is 1. The molecular formula is C19H19N3O4S. The van der Waals surface area contributed by atoms with Crippen molar-refractivity contribution in [2.24, 2.45) is 0 Å². The minimum Gasteiger partial charge on any atom is -0.379 e. The maximum absolute atomic E-state index is 12.7. The zero-order valence-electron chi connectivity index (χ0n) is 14.8. The van der Waals surface area contributed by atoms with Crippen molar-refractivity contribution in [3.8, 4) is 22.8 Å². The molecule has 2 aromatic carbocycles. The molecule has 140 valence electrons. The Morgan fingerprint density at radius 3 is 2.44 bits per heavy atom. The van der Waals surface area contributed by atoms with Crippen LogP contribution in [0.2, 0.25) is 0 Å². The molecule has 0 radical (unpaired) electrons. The predicted octanol–water partition coefficient (Wildman–Crippen LogP) is 2.73. The standard InChI is InChI=1S/C19H19N3O4S/c1-14-3-2-4-16(13-14)19-20-18(21-26-19)15-5-7-17(8-6-15)27(23,24)22-9-11-25-12-10-22/h2-8,13H,9-12H2,1H3. The molecule has 0 unspecified atom stereocenters. The van der Waals surface area contributed by atoms with Gasteiger partial charge in [-0.15, -0.1) is 0 Å². The summed E-state index contributed by atoms with van der Waals surface area (Å²) in [6, 6.07) is 14.3. The van der Waals surface area contributed by atoms with Crippen LogP contribution in [0.5, 0.6) is 0 Å². The molecule has 0 spiro atoms. The van der Waals surface area contributed by atoms with E-state index < -0.39 is 10.0 Å². The molecule has 27 heavy (non-hydrogen) atoms. The van der Waals surface area contributed by atoms with Crippen LogP contribution in [0.25, 0.3) is 22.8 Å². The van der Waals surface area contributed by atoms with Crippen LogP contribution in [0.15, 0.2) is 57.9 Å². The molecule has 1 saturated heterocycles. The molecule has 4 rings (SSSR count). The molecule has 0 N–H and O–H groups in total. The zero-order chi connectivity index (χ0) is 18.9. The summed E-state index contributed by atoms with van der Waals surface area (Å²) < 4.78 is 37.4. The quantitative estimate of drug-likeness (QED) is 0.686. The molecule has 1 fully saturated rings. The van der Waals surface area contributed by atoms with Gasteiger partial charge in [0.05, 0.1) is 18.1 Å². The van der Waals surface area contributed by atoms with Gasteiger partial charge in [-0.1, -0.05) is 22.9 Å². The van der Waals surface area contributed by atoms with Crippen molar-refractivity contribution < 1.29 is 17.7 Å². The molecule has 0 atom stereocenters. The van der Waals surface area contributed by atoms with Crippen molar-refractivity contribution in [2.75, 3.05) is 26.3 Å². The summed E-state index contributed by atoms with van der Waals surface area (Å²) in [5.41, 5.74) is 2.64. The zero-order valence-corrected chi connectivity index (χ0v) is 15.6. The Hall–Kier alpha value is -2.55. The maximum Gasteiger partial charge on any atom is 0.258 e. The Bertz CT molecular complexity index is 1040. The molecule has 0 aliphatic carbocycles. The van der Waals surface area contributed by atoms with Crippen LogP contribution in [0.3, 0.4) is 0 Å². The topological polar surface area (TPSA) is 85.5 Å². The Morgan fingerprint density at radius 2 is 1.74 bits per heavy atom. The smallest absolute Gasteiger partial charge is 0.258 e. The first-order valence-corrected chi connectivity index (χ1v) is 10.1. The monoisotopic (exact) mass is 385 g/mol. The molecule has 0 saturated carbocycles. The second-order valence-corrected chi connectivity index (χ2v) is 8.27. The minimum atomic E-state index is -3.51. The van der Waals surface area contributed by atoms with Crippen molar-refractivity contribution in [1.29, 1.82) is 0 Å². The van der Waals surface area contributed by atoms with Gasteiger partial charge in [-0.3, -0.25) is 0 Å². The van der Waals surface area contributed by atoms with Gasteiger partial charge in [-0.05, 0) is 43.3 Å². The highest BCUT2D eigenvalue weighted by molar-refractivity contribution is 7.89. The Morgan fingerprint density at radius 1 is 1.00 bits per heavy atom. The largest absolute Gasteiger partial charge is 0.379 e. The van der Waals surface area contributed by atoms with Gasteiger partial charge in [0.25, 0.3) is 5.89 Å². The lowest BCUT2D eigenvalue weighted by atomic mass is 10.1. The minimum absolute atomic E-state index is 0.246. The van der Waals surface area contributed by atoms with Crippen molar-refractivity contribution in [2.45, 2.75) is 11.8 Å². The number of nitrogens with zero attached hydrogens (tertiary/aromatic N) is 3. The van der Waals surface area contributed by atoms with Crippen molar-refractivity contribution in [3.05, 3.63) is 54.1 Å². The molecule has 1 aliphatic rings. The van der Waals surface area contributed by atoms with Crippen molar-refractivity contribution >= 4 is 10.0 Å². The molecule has 7 nitrogen and oxygen atoms in total.